The van der Waals surface area contributed by atoms with Crippen LogP contribution in [0.3, 0.4) is 0 Å². The number of aliphatic imine (C=N–C) groups is 1. The Bertz CT molecular complexity index is 692. The van der Waals surface area contributed by atoms with Crippen molar-refractivity contribution in [3.8, 4) is 0 Å². The van der Waals surface area contributed by atoms with Gasteiger partial charge in [-0.3, -0.25) is 9.88 Å². The van der Waals surface area contributed by atoms with Gasteiger partial charge in [0.1, 0.15) is 0 Å². The SMILES string of the molecule is CCNC(=NCc1ncccc1C)NCC(c1cccs1)N1CCCC1. The van der Waals surface area contributed by atoms with Crippen LogP contribution in [-0.2, 0) is 6.54 Å². The Morgan fingerprint density at radius 2 is 2.12 bits per heavy atom. The first kappa shape index (κ1) is 18.9. The Morgan fingerprint density at radius 3 is 2.81 bits per heavy atom. The second kappa shape index (κ2) is 9.69. The minimum Gasteiger partial charge on any atom is -0.357 e. The molecule has 140 valence electrons. The highest BCUT2D eigenvalue weighted by atomic mass is 32.1. The lowest BCUT2D eigenvalue weighted by atomic mass is 10.2. The number of nitrogens with one attached hydrogen (secondary N) is 2. The highest BCUT2D eigenvalue weighted by molar-refractivity contribution is 7.10. The summed E-state index contributed by atoms with van der Waals surface area (Å²) >= 11 is 1.84. The minimum atomic E-state index is 0.415. The van der Waals surface area contributed by atoms with Gasteiger partial charge in [-0.15, -0.1) is 11.3 Å². The van der Waals surface area contributed by atoms with Gasteiger partial charge in [-0.1, -0.05) is 12.1 Å². The second-order valence-corrected chi connectivity index (χ2v) is 7.60. The number of rotatable bonds is 7. The standard InChI is InChI=1S/C20H29N5S/c1-3-21-20(23-14-17-16(2)8-6-10-22-17)24-15-18(19-9-7-13-26-19)25-11-4-5-12-25/h6-10,13,18H,3-5,11-12,14-15H2,1-2H3,(H2,21,23,24). The second-order valence-electron chi connectivity index (χ2n) is 6.62. The van der Waals surface area contributed by atoms with Crippen LogP contribution in [0.25, 0.3) is 0 Å². The third-order valence-electron chi connectivity index (χ3n) is 4.76. The van der Waals surface area contributed by atoms with Crippen molar-refractivity contribution < 1.29 is 0 Å². The van der Waals surface area contributed by atoms with Crippen molar-refractivity contribution in [3.63, 3.8) is 0 Å². The number of guanidine groups is 1. The van der Waals surface area contributed by atoms with Crippen molar-refractivity contribution in [3.05, 3.63) is 52.0 Å². The molecule has 0 amide bonds. The fourth-order valence-electron chi connectivity index (χ4n) is 3.32. The zero-order chi connectivity index (χ0) is 18.2. The van der Waals surface area contributed by atoms with Crippen molar-refractivity contribution in [2.75, 3.05) is 26.2 Å². The maximum Gasteiger partial charge on any atom is 0.191 e. The number of hydrogen-bond donors (Lipinski definition) is 2. The summed E-state index contributed by atoms with van der Waals surface area (Å²) in [4.78, 5) is 13.2. The molecule has 2 N–H and O–H groups in total. The van der Waals surface area contributed by atoms with Crippen LogP contribution >= 0.6 is 11.3 Å². The van der Waals surface area contributed by atoms with Crippen LogP contribution in [0.4, 0.5) is 0 Å². The smallest absolute Gasteiger partial charge is 0.191 e. The van der Waals surface area contributed by atoms with Crippen LogP contribution in [0.15, 0.2) is 40.8 Å². The fourth-order valence-corrected chi connectivity index (χ4v) is 4.18. The van der Waals surface area contributed by atoms with Crippen molar-refractivity contribution in [2.45, 2.75) is 39.3 Å². The summed E-state index contributed by atoms with van der Waals surface area (Å²) in [7, 11) is 0. The summed E-state index contributed by atoms with van der Waals surface area (Å²) in [5.74, 6) is 0.860. The summed E-state index contributed by atoms with van der Waals surface area (Å²) < 4.78 is 0. The maximum absolute atomic E-state index is 4.74. The van der Waals surface area contributed by atoms with Crippen LogP contribution in [-0.4, -0.2) is 42.0 Å². The summed E-state index contributed by atoms with van der Waals surface area (Å²) in [6.45, 7) is 8.86. The molecule has 0 aromatic carbocycles. The van der Waals surface area contributed by atoms with E-state index in [1.54, 1.807) is 0 Å². The van der Waals surface area contributed by atoms with Crippen LogP contribution in [0, 0.1) is 6.92 Å². The molecule has 0 radical (unpaired) electrons. The summed E-state index contributed by atoms with van der Waals surface area (Å²) in [5, 5.41) is 9.08. The maximum atomic E-state index is 4.74. The van der Waals surface area contributed by atoms with Crippen molar-refractivity contribution >= 4 is 17.3 Å². The summed E-state index contributed by atoms with van der Waals surface area (Å²) in [5.41, 5.74) is 2.21. The molecule has 2 aromatic rings. The average Bonchev–Trinajstić information content (AvgIpc) is 3.35. The van der Waals surface area contributed by atoms with E-state index in [1.165, 1.54) is 36.4 Å². The normalized spacial score (nSPS) is 16.6. The minimum absolute atomic E-state index is 0.415. The van der Waals surface area contributed by atoms with Gasteiger partial charge in [0, 0.05) is 24.2 Å². The third-order valence-corrected chi connectivity index (χ3v) is 5.74. The van der Waals surface area contributed by atoms with E-state index in [1.807, 2.05) is 23.6 Å². The van der Waals surface area contributed by atoms with Gasteiger partial charge >= 0.3 is 0 Å². The Hall–Kier alpha value is -1.92. The third kappa shape index (κ3) is 5.05. The molecular formula is C20H29N5S. The highest BCUT2D eigenvalue weighted by Crippen LogP contribution is 2.27. The van der Waals surface area contributed by atoms with Gasteiger partial charge in [-0.2, -0.15) is 0 Å². The molecule has 2 aromatic heterocycles. The fraction of sp³-hybridized carbons (Fsp3) is 0.500. The molecule has 5 nitrogen and oxygen atoms in total. The zero-order valence-electron chi connectivity index (χ0n) is 15.7. The van der Waals surface area contributed by atoms with Crippen LogP contribution in [0.5, 0.6) is 0 Å². The van der Waals surface area contributed by atoms with Gasteiger partial charge in [0.2, 0.25) is 0 Å². The van der Waals surface area contributed by atoms with Crippen molar-refractivity contribution in [1.82, 2.24) is 20.5 Å². The van der Waals surface area contributed by atoms with Gasteiger partial charge in [0.15, 0.2) is 5.96 Å². The Morgan fingerprint density at radius 1 is 1.27 bits per heavy atom. The molecule has 1 atom stereocenters. The van der Waals surface area contributed by atoms with E-state index in [-0.39, 0.29) is 0 Å². The molecule has 1 saturated heterocycles. The molecule has 6 heteroatoms. The number of aromatic nitrogens is 1. The monoisotopic (exact) mass is 371 g/mol. The number of hydrogen-bond acceptors (Lipinski definition) is 4. The molecule has 0 bridgehead atoms. The first-order valence-corrected chi connectivity index (χ1v) is 10.4. The van der Waals surface area contributed by atoms with Gasteiger partial charge in [-0.25, -0.2) is 4.99 Å². The topological polar surface area (TPSA) is 52.6 Å². The van der Waals surface area contributed by atoms with Gasteiger partial charge in [0.05, 0.1) is 18.3 Å². The van der Waals surface area contributed by atoms with E-state index in [0.717, 1.165) is 24.7 Å². The number of pyridine rings is 1. The van der Waals surface area contributed by atoms with E-state index in [4.69, 9.17) is 4.99 Å². The average molecular weight is 372 g/mol. The molecule has 3 rings (SSSR count). The lowest BCUT2D eigenvalue weighted by Crippen LogP contribution is -2.42. The van der Waals surface area contributed by atoms with Gasteiger partial charge in [-0.05, 0) is 62.9 Å². The lowest BCUT2D eigenvalue weighted by Gasteiger charge is -2.27. The Kier molecular flexibility index (Phi) is 7.03. The molecule has 0 spiro atoms. The number of nitrogens with zero attached hydrogens (tertiary/aromatic N) is 3. The number of likely N-dealkylation sites (tertiary alicyclic amines) is 1. The molecule has 1 aliphatic rings. The van der Waals surface area contributed by atoms with Crippen molar-refractivity contribution in [2.24, 2.45) is 4.99 Å². The number of aryl methyl sites for hydroxylation is 1. The molecule has 26 heavy (non-hydrogen) atoms. The molecular weight excluding hydrogens is 342 g/mol. The van der Waals surface area contributed by atoms with Crippen molar-refractivity contribution in [1.29, 1.82) is 0 Å². The first-order chi connectivity index (χ1) is 12.8. The zero-order valence-corrected chi connectivity index (χ0v) is 16.6. The van der Waals surface area contributed by atoms with E-state index in [9.17, 15) is 0 Å². The van der Waals surface area contributed by atoms with Crippen LogP contribution < -0.4 is 10.6 Å². The van der Waals surface area contributed by atoms with E-state index >= 15 is 0 Å². The van der Waals surface area contributed by atoms with E-state index < -0.39 is 0 Å². The lowest BCUT2D eigenvalue weighted by molar-refractivity contribution is 0.249. The highest BCUT2D eigenvalue weighted by Gasteiger charge is 2.24. The molecule has 1 aliphatic heterocycles. The quantitative estimate of drug-likeness (QED) is 0.579. The Balaban J connectivity index is 1.66. The predicted molar refractivity (Wildman–Crippen MR) is 110 cm³/mol. The summed E-state index contributed by atoms with van der Waals surface area (Å²) in [6.07, 6.45) is 4.43. The number of thiophene rings is 1. The van der Waals surface area contributed by atoms with E-state index in [2.05, 4.69) is 57.9 Å². The summed E-state index contributed by atoms with van der Waals surface area (Å²) in [6, 6.07) is 8.85. The predicted octanol–water partition coefficient (Wildman–Crippen LogP) is 3.34. The first-order valence-electron chi connectivity index (χ1n) is 9.48. The van der Waals surface area contributed by atoms with Crippen LogP contribution in [0.2, 0.25) is 0 Å². The molecule has 1 fully saturated rings. The van der Waals surface area contributed by atoms with E-state index in [0.29, 0.717) is 12.6 Å². The molecule has 0 aliphatic carbocycles. The Labute approximate surface area is 160 Å². The van der Waals surface area contributed by atoms with Gasteiger partial charge in [0.25, 0.3) is 0 Å². The van der Waals surface area contributed by atoms with Crippen LogP contribution in [0.1, 0.15) is 41.9 Å². The largest absolute Gasteiger partial charge is 0.357 e. The molecule has 1 unspecified atom stereocenters. The van der Waals surface area contributed by atoms with Gasteiger partial charge < -0.3 is 10.6 Å². The molecule has 0 saturated carbocycles. The molecule has 3 heterocycles.